The van der Waals surface area contributed by atoms with E-state index in [1.54, 1.807) is 0 Å². The molecule has 0 rings (SSSR count). The topological polar surface area (TPSA) is 38.0 Å². The normalized spacial score (nSPS) is 15.2. The zero-order valence-electron chi connectivity index (χ0n) is 7.28. The van der Waals surface area contributed by atoms with Gasteiger partial charge in [-0.1, -0.05) is 13.8 Å². The summed E-state index contributed by atoms with van der Waals surface area (Å²) < 4.78 is 35.5. The molecule has 2 nitrogen and oxygen atoms in total. The lowest BCUT2D eigenvalue weighted by atomic mass is 10.2. The van der Waals surface area contributed by atoms with E-state index in [9.17, 15) is 13.2 Å². The number of halogens is 3. The third kappa shape index (κ3) is 5.37. The number of nitrogens with two attached hydrogens (primary N) is 1. The summed E-state index contributed by atoms with van der Waals surface area (Å²) in [4.78, 5) is 0. The molecule has 3 N–H and O–H groups in total. The van der Waals surface area contributed by atoms with Gasteiger partial charge in [-0.05, 0) is 13.0 Å². The van der Waals surface area contributed by atoms with Crippen molar-refractivity contribution in [3.63, 3.8) is 0 Å². The highest BCUT2D eigenvalue weighted by Gasteiger charge is 2.35. The molecule has 0 aliphatic carbocycles. The SMILES string of the molecule is CC(C)NCCC(N)C(F)(F)F. The first-order chi connectivity index (χ1) is 5.34. The van der Waals surface area contributed by atoms with Crippen molar-refractivity contribution in [2.24, 2.45) is 5.73 Å². The predicted molar refractivity (Wildman–Crippen MR) is 41.8 cm³/mol. The molecule has 0 saturated heterocycles. The van der Waals surface area contributed by atoms with Gasteiger partial charge in [0, 0.05) is 6.04 Å². The van der Waals surface area contributed by atoms with Gasteiger partial charge in [0.1, 0.15) is 6.04 Å². The Morgan fingerprint density at radius 1 is 1.33 bits per heavy atom. The fourth-order valence-electron chi connectivity index (χ4n) is 0.691. The van der Waals surface area contributed by atoms with Crippen molar-refractivity contribution in [1.82, 2.24) is 5.32 Å². The van der Waals surface area contributed by atoms with Crippen molar-refractivity contribution < 1.29 is 13.2 Å². The van der Waals surface area contributed by atoms with Gasteiger partial charge in [0.05, 0.1) is 0 Å². The van der Waals surface area contributed by atoms with Crippen molar-refractivity contribution in [3.05, 3.63) is 0 Å². The smallest absolute Gasteiger partial charge is 0.320 e. The Bertz CT molecular complexity index is 122. The molecule has 12 heavy (non-hydrogen) atoms. The first kappa shape index (κ1) is 11.7. The summed E-state index contributed by atoms with van der Waals surface area (Å²) in [6.45, 7) is 4.05. The summed E-state index contributed by atoms with van der Waals surface area (Å²) in [7, 11) is 0. The van der Waals surface area contributed by atoms with Crippen LogP contribution in [0.4, 0.5) is 13.2 Å². The molecule has 0 aromatic carbocycles. The second-order valence-electron chi connectivity index (χ2n) is 3.05. The van der Waals surface area contributed by atoms with Crippen LogP contribution in [0.15, 0.2) is 0 Å². The molecule has 0 aromatic heterocycles. The highest BCUT2D eigenvalue weighted by molar-refractivity contribution is 4.71. The van der Waals surface area contributed by atoms with E-state index in [1.807, 2.05) is 13.8 Å². The van der Waals surface area contributed by atoms with E-state index in [0.717, 1.165) is 0 Å². The number of hydrogen-bond acceptors (Lipinski definition) is 2. The van der Waals surface area contributed by atoms with Crippen molar-refractivity contribution in [2.45, 2.75) is 38.5 Å². The van der Waals surface area contributed by atoms with Crippen LogP contribution in [0, 0.1) is 0 Å². The predicted octanol–water partition coefficient (Wildman–Crippen LogP) is 1.26. The minimum atomic E-state index is -4.27. The van der Waals surface area contributed by atoms with Crippen LogP contribution < -0.4 is 11.1 Å². The summed E-state index contributed by atoms with van der Waals surface area (Å²) >= 11 is 0. The fourth-order valence-corrected chi connectivity index (χ4v) is 0.691. The largest absolute Gasteiger partial charge is 0.403 e. The first-order valence-electron chi connectivity index (χ1n) is 3.89. The molecule has 0 amide bonds. The molecule has 1 unspecified atom stereocenters. The molecule has 0 aliphatic rings. The quantitative estimate of drug-likeness (QED) is 0.690. The van der Waals surface area contributed by atoms with E-state index in [4.69, 9.17) is 5.73 Å². The lowest BCUT2D eigenvalue weighted by Crippen LogP contribution is -2.40. The summed E-state index contributed by atoms with van der Waals surface area (Å²) in [5.74, 6) is 0. The van der Waals surface area contributed by atoms with E-state index in [2.05, 4.69) is 5.32 Å². The Labute approximate surface area is 70.3 Å². The molecular formula is C7H15F3N2. The van der Waals surface area contributed by atoms with Gasteiger partial charge < -0.3 is 11.1 Å². The van der Waals surface area contributed by atoms with E-state index >= 15 is 0 Å². The zero-order valence-corrected chi connectivity index (χ0v) is 7.28. The molecule has 0 bridgehead atoms. The monoisotopic (exact) mass is 184 g/mol. The van der Waals surface area contributed by atoms with E-state index in [1.165, 1.54) is 0 Å². The van der Waals surface area contributed by atoms with Gasteiger partial charge in [-0.3, -0.25) is 0 Å². The number of alkyl halides is 3. The summed E-state index contributed by atoms with van der Waals surface area (Å²) in [5, 5.41) is 2.87. The van der Waals surface area contributed by atoms with Gasteiger partial charge >= 0.3 is 6.18 Å². The zero-order chi connectivity index (χ0) is 9.78. The van der Waals surface area contributed by atoms with Crippen LogP contribution in [0.5, 0.6) is 0 Å². The minimum Gasteiger partial charge on any atom is -0.320 e. The molecule has 0 aromatic rings. The van der Waals surface area contributed by atoms with Gasteiger partial charge in [0.15, 0.2) is 0 Å². The molecule has 0 aliphatic heterocycles. The standard InChI is InChI=1S/C7H15F3N2/c1-5(2)12-4-3-6(11)7(8,9)10/h5-6,12H,3-4,11H2,1-2H3. The van der Waals surface area contributed by atoms with Crippen LogP contribution in [-0.2, 0) is 0 Å². The molecule has 0 radical (unpaired) electrons. The Kier molecular flexibility index (Phi) is 4.55. The average Bonchev–Trinajstić information content (AvgIpc) is 1.84. The first-order valence-corrected chi connectivity index (χ1v) is 3.89. The van der Waals surface area contributed by atoms with Crippen molar-refractivity contribution in [3.8, 4) is 0 Å². The van der Waals surface area contributed by atoms with E-state index < -0.39 is 12.2 Å². The third-order valence-electron chi connectivity index (χ3n) is 1.43. The van der Waals surface area contributed by atoms with Crippen LogP contribution in [0.2, 0.25) is 0 Å². The maximum atomic E-state index is 11.8. The lowest BCUT2D eigenvalue weighted by molar-refractivity contribution is -0.148. The maximum Gasteiger partial charge on any atom is 0.403 e. The summed E-state index contributed by atoms with van der Waals surface area (Å²) in [5.41, 5.74) is 4.87. The van der Waals surface area contributed by atoms with Gasteiger partial charge in [-0.2, -0.15) is 13.2 Å². The Hall–Kier alpha value is -0.290. The van der Waals surface area contributed by atoms with Gasteiger partial charge in [-0.15, -0.1) is 0 Å². The number of hydrogen-bond donors (Lipinski definition) is 2. The van der Waals surface area contributed by atoms with Gasteiger partial charge in [0.25, 0.3) is 0 Å². The van der Waals surface area contributed by atoms with Crippen LogP contribution in [0.25, 0.3) is 0 Å². The lowest BCUT2D eigenvalue weighted by Gasteiger charge is -2.16. The molecule has 0 spiro atoms. The molecular weight excluding hydrogens is 169 g/mol. The second-order valence-corrected chi connectivity index (χ2v) is 3.05. The van der Waals surface area contributed by atoms with Crippen molar-refractivity contribution in [1.29, 1.82) is 0 Å². The Morgan fingerprint density at radius 2 is 1.83 bits per heavy atom. The van der Waals surface area contributed by atoms with Gasteiger partial charge in [0.2, 0.25) is 0 Å². The highest BCUT2D eigenvalue weighted by Crippen LogP contribution is 2.19. The number of rotatable bonds is 4. The van der Waals surface area contributed by atoms with Crippen LogP contribution in [-0.4, -0.2) is 24.8 Å². The Morgan fingerprint density at radius 3 is 2.17 bits per heavy atom. The molecule has 0 heterocycles. The van der Waals surface area contributed by atoms with E-state index in [-0.39, 0.29) is 12.5 Å². The van der Waals surface area contributed by atoms with Crippen LogP contribution >= 0.6 is 0 Å². The van der Waals surface area contributed by atoms with Crippen LogP contribution in [0.1, 0.15) is 20.3 Å². The Balaban J connectivity index is 3.51. The van der Waals surface area contributed by atoms with Crippen LogP contribution in [0.3, 0.4) is 0 Å². The van der Waals surface area contributed by atoms with Crippen molar-refractivity contribution >= 4 is 0 Å². The minimum absolute atomic E-state index is 0.0678. The van der Waals surface area contributed by atoms with Gasteiger partial charge in [-0.25, -0.2) is 0 Å². The van der Waals surface area contributed by atoms with Crippen molar-refractivity contribution in [2.75, 3.05) is 6.54 Å². The summed E-state index contributed by atoms with van der Waals surface area (Å²) in [6, 6.07) is -1.51. The molecule has 0 fully saturated rings. The van der Waals surface area contributed by atoms with E-state index in [0.29, 0.717) is 6.54 Å². The molecule has 1 atom stereocenters. The molecule has 0 saturated carbocycles. The summed E-state index contributed by atoms with van der Waals surface area (Å²) in [6.07, 6.45) is -4.33. The number of nitrogens with one attached hydrogen (secondary N) is 1. The molecule has 74 valence electrons. The second kappa shape index (κ2) is 4.67. The highest BCUT2D eigenvalue weighted by atomic mass is 19.4. The fraction of sp³-hybridized carbons (Fsp3) is 1.00. The third-order valence-corrected chi connectivity index (χ3v) is 1.43. The maximum absolute atomic E-state index is 11.8. The molecule has 5 heteroatoms. The average molecular weight is 184 g/mol.